The molecule has 0 bridgehead atoms. The molecule has 1 aromatic carbocycles. The van der Waals surface area contributed by atoms with Gasteiger partial charge in [0.2, 0.25) is 15.9 Å². The lowest BCUT2D eigenvalue weighted by Gasteiger charge is -2.08. The van der Waals surface area contributed by atoms with Gasteiger partial charge in [0.1, 0.15) is 0 Å². The monoisotopic (exact) mass is 351 g/mol. The zero-order chi connectivity index (χ0) is 17.5. The van der Waals surface area contributed by atoms with Gasteiger partial charge in [-0.25, -0.2) is 32.1 Å². The molecular weight excluding hydrogens is 336 g/mol. The molecule has 0 aliphatic rings. The lowest BCUT2D eigenvalue weighted by molar-refractivity contribution is -0.121. The molecule has 0 fully saturated rings. The average Bonchev–Trinajstić information content (AvgIpc) is 2.48. The van der Waals surface area contributed by atoms with E-state index in [1.165, 1.54) is 0 Å². The van der Waals surface area contributed by atoms with Crippen LogP contribution in [0, 0.1) is 11.6 Å². The Labute approximate surface area is 131 Å². The summed E-state index contributed by atoms with van der Waals surface area (Å²) in [6.07, 6.45) is -1.15. The minimum Gasteiger partial charge on any atom is -0.449 e. The van der Waals surface area contributed by atoms with Crippen molar-refractivity contribution in [1.82, 2.24) is 15.6 Å². The number of halogens is 2. The molecule has 0 atom stereocenters. The number of carbonyl (C=O) groups is 2. The summed E-state index contributed by atoms with van der Waals surface area (Å²) in [5.41, 5.74) is 3.95. The lowest BCUT2D eigenvalue weighted by Crippen LogP contribution is -2.43. The highest BCUT2D eigenvalue weighted by Gasteiger charge is 2.16. The quantitative estimate of drug-likeness (QED) is 0.643. The van der Waals surface area contributed by atoms with Crippen LogP contribution in [0.25, 0.3) is 0 Å². The number of rotatable bonds is 6. The van der Waals surface area contributed by atoms with E-state index < -0.39 is 38.6 Å². The molecule has 0 unspecified atom stereocenters. The van der Waals surface area contributed by atoms with Gasteiger partial charge in [-0.2, -0.15) is 0 Å². The summed E-state index contributed by atoms with van der Waals surface area (Å²) in [5.74, 6) is -3.15. The van der Waals surface area contributed by atoms with Crippen molar-refractivity contribution in [2.75, 3.05) is 13.2 Å². The van der Waals surface area contributed by atoms with Crippen molar-refractivity contribution < 1.29 is 31.5 Å². The van der Waals surface area contributed by atoms with Gasteiger partial charge in [0.05, 0.1) is 11.5 Å². The van der Waals surface area contributed by atoms with Crippen LogP contribution >= 0.6 is 0 Å². The summed E-state index contributed by atoms with van der Waals surface area (Å²) in [6, 6.07) is 2.10. The maximum atomic E-state index is 13.0. The minimum atomic E-state index is -4.08. The predicted octanol–water partition coefficient (Wildman–Crippen LogP) is 0.410. The summed E-state index contributed by atoms with van der Waals surface area (Å²) in [6.45, 7) is 1.39. The number of carbonyl (C=O) groups excluding carboxylic acids is 2. The van der Waals surface area contributed by atoms with E-state index in [1.54, 1.807) is 6.92 Å². The standard InChI is InChI=1S/C12H15F2N3O5S/c1-2-22-12(19)17-16-11(18)5-6-15-23(20,21)8-3-4-9(13)10(14)7-8/h3-4,7,15H,2,5-6H2,1H3,(H,16,18)(H,17,19). The summed E-state index contributed by atoms with van der Waals surface area (Å²) in [7, 11) is -4.08. The first-order valence-corrected chi connectivity index (χ1v) is 7.91. The molecule has 0 aromatic heterocycles. The molecule has 8 nitrogen and oxygen atoms in total. The van der Waals surface area contributed by atoms with Crippen molar-refractivity contribution in [2.45, 2.75) is 18.2 Å². The Morgan fingerprint density at radius 1 is 1.17 bits per heavy atom. The molecular formula is C12H15F2N3O5S. The van der Waals surface area contributed by atoms with E-state index in [0.717, 1.165) is 6.07 Å². The second-order valence-electron chi connectivity index (χ2n) is 4.12. The van der Waals surface area contributed by atoms with Crippen molar-refractivity contribution in [1.29, 1.82) is 0 Å². The van der Waals surface area contributed by atoms with Crippen LogP contribution in [-0.2, 0) is 19.6 Å². The number of nitrogens with one attached hydrogen (secondary N) is 3. The zero-order valence-electron chi connectivity index (χ0n) is 12.1. The molecule has 1 rings (SSSR count). The van der Waals surface area contributed by atoms with Gasteiger partial charge < -0.3 is 4.74 Å². The number of benzene rings is 1. The van der Waals surface area contributed by atoms with Gasteiger partial charge in [-0.3, -0.25) is 10.2 Å². The Bertz CT molecular complexity index is 681. The number of hydrogen-bond acceptors (Lipinski definition) is 5. The third-order valence-electron chi connectivity index (χ3n) is 2.42. The third-order valence-corrected chi connectivity index (χ3v) is 3.88. The number of sulfonamides is 1. The smallest absolute Gasteiger partial charge is 0.426 e. The molecule has 0 aliphatic carbocycles. The molecule has 1 aromatic rings. The highest BCUT2D eigenvalue weighted by molar-refractivity contribution is 7.89. The van der Waals surface area contributed by atoms with E-state index in [-0.39, 0.29) is 19.6 Å². The van der Waals surface area contributed by atoms with Crippen LogP contribution in [0.5, 0.6) is 0 Å². The molecule has 23 heavy (non-hydrogen) atoms. The zero-order valence-corrected chi connectivity index (χ0v) is 12.9. The van der Waals surface area contributed by atoms with Crippen LogP contribution < -0.4 is 15.6 Å². The van der Waals surface area contributed by atoms with Gasteiger partial charge in [-0.05, 0) is 25.1 Å². The molecule has 0 radical (unpaired) electrons. The van der Waals surface area contributed by atoms with Gasteiger partial charge in [0, 0.05) is 13.0 Å². The van der Waals surface area contributed by atoms with E-state index in [1.807, 2.05) is 15.6 Å². The first-order valence-electron chi connectivity index (χ1n) is 6.42. The largest absolute Gasteiger partial charge is 0.449 e. The van der Waals surface area contributed by atoms with Gasteiger partial charge >= 0.3 is 6.09 Å². The number of hydrogen-bond donors (Lipinski definition) is 3. The van der Waals surface area contributed by atoms with Crippen molar-refractivity contribution in [3.63, 3.8) is 0 Å². The van der Waals surface area contributed by atoms with E-state index in [4.69, 9.17) is 0 Å². The molecule has 3 N–H and O–H groups in total. The Balaban J connectivity index is 2.46. The fourth-order valence-electron chi connectivity index (χ4n) is 1.38. The van der Waals surface area contributed by atoms with E-state index in [0.29, 0.717) is 12.1 Å². The van der Waals surface area contributed by atoms with Crippen molar-refractivity contribution in [3.05, 3.63) is 29.8 Å². The SMILES string of the molecule is CCOC(=O)NNC(=O)CCNS(=O)(=O)c1ccc(F)c(F)c1. The Kier molecular flexibility index (Phi) is 6.85. The van der Waals surface area contributed by atoms with Gasteiger partial charge in [-0.1, -0.05) is 0 Å². The van der Waals surface area contributed by atoms with Crippen LogP contribution in [0.15, 0.2) is 23.1 Å². The van der Waals surface area contributed by atoms with Crippen molar-refractivity contribution in [2.24, 2.45) is 0 Å². The molecule has 0 aliphatic heterocycles. The van der Waals surface area contributed by atoms with E-state index in [9.17, 15) is 26.8 Å². The number of amides is 2. The molecule has 0 heterocycles. The molecule has 128 valence electrons. The number of ether oxygens (including phenoxy) is 1. The normalized spacial score (nSPS) is 10.9. The summed E-state index contributed by atoms with van der Waals surface area (Å²) >= 11 is 0. The van der Waals surface area contributed by atoms with Crippen LogP contribution in [0.1, 0.15) is 13.3 Å². The highest BCUT2D eigenvalue weighted by atomic mass is 32.2. The molecule has 0 spiro atoms. The van der Waals surface area contributed by atoms with Crippen LogP contribution in [0.4, 0.5) is 13.6 Å². The van der Waals surface area contributed by atoms with E-state index >= 15 is 0 Å². The van der Waals surface area contributed by atoms with Crippen LogP contribution in [0.2, 0.25) is 0 Å². The fraction of sp³-hybridized carbons (Fsp3) is 0.333. The lowest BCUT2D eigenvalue weighted by atomic mass is 10.3. The maximum absolute atomic E-state index is 13.0. The first-order chi connectivity index (χ1) is 10.8. The third kappa shape index (κ3) is 6.16. The predicted molar refractivity (Wildman–Crippen MR) is 74.5 cm³/mol. The summed E-state index contributed by atoms with van der Waals surface area (Å²) < 4.78 is 55.9. The maximum Gasteiger partial charge on any atom is 0.426 e. The minimum absolute atomic E-state index is 0.121. The summed E-state index contributed by atoms with van der Waals surface area (Å²) in [5, 5.41) is 0. The highest BCUT2D eigenvalue weighted by Crippen LogP contribution is 2.13. The van der Waals surface area contributed by atoms with Crippen molar-refractivity contribution >= 4 is 22.0 Å². The number of hydrazine groups is 1. The second-order valence-corrected chi connectivity index (χ2v) is 5.88. The van der Waals surface area contributed by atoms with Crippen LogP contribution in [0.3, 0.4) is 0 Å². The second kappa shape index (κ2) is 8.39. The fourth-order valence-corrected chi connectivity index (χ4v) is 2.42. The molecule has 2 amide bonds. The first kappa shape index (κ1) is 18.8. The Morgan fingerprint density at radius 3 is 2.48 bits per heavy atom. The van der Waals surface area contributed by atoms with Gasteiger partial charge in [0.25, 0.3) is 0 Å². The van der Waals surface area contributed by atoms with Gasteiger partial charge in [0.15, 0.2) is 11.6 Å². The van der Waals surface area contributed by atoms with Crippen LogP contribution in [-0.4, -0.2) is 33.6 Å². The van der Waals surface area contributed by atoms with E-state index in [2.05, 4.69) is 4.74 Å². The average molecular weight is 351 g/mol. The molecule has 11 heteroatoms. The molecule has 0 saturated carbocycles. The Hall–Kier alpha value is -2.27. The Morgan fingerprint density at radius 2 is 1.87 bits per heavy atom. The van der Waals surface area contributed by atoms with Gasteiger partial charge in [-0.15, -0.1) is 0 Å². The topological polar surface area (TPSA) is 114 Å². The summed E-state index contributed by atoms with van der Waals surface area (Å²) in [4.78, 5) is 21.8. The molecule has 0 saturated heterocycles. The van der Waals surface area contributed by atoms with Crippen molar-refractivity contribution in [3.8, 4) is 0 Å².